The van der Waals surface area contributed by atoms with Crippen molar-refractivity contribution in [2.24, 2.45) is 0 Å². The minimum atomic E-state index is -0.493. The molecule has 0 bridgehead atoms. The fourth-order valence-electron chi connectivity index (χ4n) is 1.55. The second kappa shape index (κ2) is 7.39. The van der Waals surface area contributed by atoms with Crippen molar-refractivity contribution in [3.05, 3.63) is 48.3 Å². The normalized spacial score (nSPS) is 9.95. The van der Waals surface area contributed by atoms with Crippen LogP contribution in [0.15, 0.2) is 47.9 Å². The predicted octanol–water partition coefficient (Wildman–Crippen LogP) is 1.53. The number of thioether (sulfide) groups is 1. The van der Waals surface area contributed by atoms with Crippen molar-refractivity contribution >= 4 is 23.6 Å². The number of hydrogen-bond acceptors (Lipinski definition) is 6. The number of hydrogen-bond donors (Lipinski definition) is 1. The summed E-state index contributed by atoms with van der Waals surface area (Å²) in [6.45, 7) is 0. The Balaban J connectivity index is 1.92. The van der Waals surface area contributed by atoms with E-state index in [4.69, 9.17) is 4.74 Å². The molecule has 0 fully saturated rings. The van der Waals surface area contributed by atoms with Gasteiger partial charge in [-0.1, -0.05) is 23.9 Å². The van der Waals surface area contributed by atoms with Crippen molar-refractivity contribution in [1.82, 2.24) is 15.3 Å². The van der Waals surface area contributed by atoms with E-state index < -0.39 is 11.8 Å². The first kappa shape index (κ1) is 15.0. The van der Waals surface area contributed by atoms with E-state index in [1.807, 2.05) is 0 Å². The van der Waals surface area contributed by atoms with Gasteiger partial charge in [-0.15, -0.1) is 0 Å². The van der Waals surface area contributed by atoms with Crippen molar-refractivity contribution in [2.75, 3.05) is 12.9 Å². The lowest BCUT2D eigenvalue weighted by molar-refractivity contribution is -0.117. The van der Waals surface area contributed by atoms with E-state index in [-0.39, 0.29) is 5.75 Å². The Morgan fingerprint density at radius 3 is 2.62 bits per heavy atom. The number of benzene rings is 1. The van der Waals surface area contributed by atoms with Crippen molar-refractivity contribution in [3.8, 4) is 5.75 Å². The molecule has 2 rings (SSSR count). The van der Waals surface area contributed by atoms with Crippen LogP contribution in [0.4, 0.5) is 0 Å². The van der Waals surface area contributed by atoms with Crippen LogP contribution in [-0.4, -0.2) is 34.6 Å². The fraction of sp³-hybridized carbons (Fsp3) is 0.143. The second-order valence-electron chi connectivity index (χ2n) is 3.90. The Hall–Kier alpha value is -2.41. The number of carbonyl (C=O) groups excluding carboxylic acids is 2. The van der Waals surface area contributed by atoms with Crippen LogP contribution in [0.25, 0.3) is 0 Å². The first-order chi connectivity index (χ1) is 10.2. The molecule has 1 aromatic heterocycles. The Bertz CT molecular complexity index is 634. The molecule has 0 aliphatic rings. The van der Waals surface area contributed by atoms with Gasteiger partial charge < -0.3 is 4.74 Å². The highest BCUT2D eigenvalue weighted by Crippen LogP contribution is 2.17. The van der Waals surface area contributed by atoms with E-state index in [1.165, 1.54) is 7.11 Å². The van der Waals surface area contributed by atoms with Crippen molar-refractivity contribution in [2.45, 2.75) is 5.16 Å². The van der Waals surface area contributed by atoms with Crippen LogP contribution in [-0.2, 0) is 4.79 Å². The molecule has 0 aliphatic heterocycles. The molecule has 6 nitrogen and oxygen atoms in total. The van der Waals surface area contributed by atoms with Gasteiger partial charge >= 0.3 is 0 Å². The summed E-state index contributed by atoms with van der Waals surface area (Å²) < 4.78 is 5.08. The van der Waals surface area contributed by atoms with Gasteiger partial charge in [-0.3, -0.25) is 14.9 Å². The van der Waals surface area contributed by atoms with Crippen molar-refractivity contribution in [3.63, 3.8) is 0 Å². The third-order valence-corrected chi connectivity index (χ3v) is 3.35. The van der Waals surface area contributed by atoms with E-state index in [1.54, 1.807) is 42.7 Å². The molecular weight excluding hydrogens is 290 g/mol. The number of nitrogens with zero attached hydrogens (tertiary/aromatic N) is 2. The number of carbonyl (C=O) groups is 2. The Morgan fingerprint density at radius 2 is 1.90 bits per heavy atom. The molecule has 2 aromatic rings. The van der Waals surface area contributed by atoms with Gasteiger partial charge in [-0.05, 0) is 18.2 Å². The molecule has 0 aliphatic carbocycles. The highest BCUT2D eigenvalue weighted by molar-refractivity contribution is 7.99. The molecule has 0 unspecified atom stereocenters. The number of nitrogens with one attached hydrogen (secondary N) is 1. The largest absolute Gasteiger partial charge is 0.496 e. The van der Waals surface area contributed by atoms with Crippen LogP contribution >= 0.6 is 11.8 Å². The zero-order valence-electron chi connectivity index (χ0n) is 11.3. The molecule has 0 spiro atoms. The Kier molecular flexibility index (Phi) is 5.28. The summed E-state index contributed by atoms with van der Waals surface area (Å²) in [7, 11) is 1.47. The monoisotopic (exact) mass is 303 g/mol. The molecule has 108 valence electrons. The van der Waals surface area contributed by atoms with E-state index in [2.05, 4.69) is 15.3 Å². The van der Waals surface area contributed by atoms with Gasteiger partial charge in [0.1, 0.15) is 5.75 Å². The van der Waals surface area contributed by atoms with Gasteiger partial charge in [0.15, 0.2) is 5.16 Å². The fourth-order valence-corrected chi connectivity index (χ4v) is 2.16. The third-order valence-electron chi connectivity index (χ3n) is 2.48. The van der Waals surface area contributed by atoms with E-state index in [9.17, 15) is 9.59 Å². The van der Waals surface area contributed by atoms with Crippen molar-refractivity contribution < 1.29 is 14.3 Å². The van der Waals surface area contributed by atoms with Gasteiger partial charge in [0.05, 0.1) is 18.4 Å². The Labute approximate surface area is 125 Å². The van der Waals surface area contributed by atoms with Crippen LogP contribution < -0.4 is 10.1 Å². The van der Waals surface area contributed by atoms with E-state index in [0.717, 1.165) is 11.8 Å². The minimum absolute atomic E-state index is 0.0604. The molecule has 0 atom stereocenters. The lowest BCUT2D eigenvalue weighted by Crippen LogP contribution is -2.32. The molecule has 1 N–H and O–H groups in total. The maximum Gasteiger partial charge on any atom is 0.261 e. The van der Waals surface area contributed by atoms with Gasteiger partial charge in [0.2, 0.25) is 5.91 Å². The maximum absolute atomic E-state index is 12.0. The highest BCUT2D eigenvalue weighted by atomic mass is 32.2. The number of amides is 2. The smallest absolute Gasteiger partial charge is 0.261 e. The average Bonchev–Trinajstić information content (AvgIpc) is 2.53. The summed E-state index contributed by atoms with van der Waals surface area (Å²) in [4.78, 5) is 31.7. The third kappa shape index (κ3) is 4.28. The first-order valence-corrected chi connectivity index (χ1v) is 7.06. The predicted molar refractivity (Wildman–Crippen MR) is 78.2 cm³/mol. The highest BCUT2D eigenvalue weighted by Gasteiger charge is 2.14. The molecule has 1 aromatic carbocycles. The quantitative estimate of drug-likeness (QED) is 0.666. The number of ether oxygens (including phenoxy) is 1. The molecule has 2 amide bonds. The second-order valence-corrected chi connectivity index (χ2v) is 4.84. The lowest BCUT2D eigenvalue weighted by atomic mass is 10.2. The van der Waals surface area contributed by atoms with Crippen LogP contribution in [0.1, 0.15) is 10.4 Å². The summed E-state index contributed by atoms with van der Waals surface area (Å²) >= 11 is 1.16. The molecule has 0 radical (unpaired) electrons. The average molecular weight is 303 g/mol. The number of para-hydroxylation sites is 1. The number of methoxy groups -OCH3 is 1. The van der Waals surface area contributed by atoms with Crippen molar-refractivity contribution in [1.29, 1.82) is 0 Å². The zero-order valence-corrected chi connectivity index (χ0v) is 12.1. The Morgan fingerprint density at radius 1 is 1.19 bits per heavy atom. The first-order valence-electron chi connectivity index (χ1n) is 6.07. The van der Waals surface area contributed by atoms with Gasteiger partial charge in [-0.25, -0.2) is 9.97 Å². The van der Waals surface area contributed by atoms with Crippen LogP contribution in [0, 0.1) is 0 Å². The summed E-state index contributed by atoms with van der Waals surface area (Å²) in [5, 5.41) is 2.79. The minimum Gasteiger partial charge on any atom is -0.496 e. The molecule has 0 saturated carbocycles. The molecule has 1 heterocycles. The van der Waals surface area contributed by atoms with Gasteiger partial charge in [0, 0.05) is 12.4 Å². The number of aromatic nitrogens is 2. The summed E-state index contributed by atoms with van der Waals surface area (Å²) in [5.74, 6) is -0.428. The topological polar surface area (TPSA) is 81.2 Å². The maximum atomic E-state index is 12.0. The molecular formula is C14H13N3O3S. The summed E-state index contributed by atoms with van der Waals surface area (Å²) in [6, 6.07) is 8.39. The number of imide groups is 1. The molecule has 7 heteroatoms. The van der Waals surface area contributed by atoms with Crippen LogP contribution in [0.3, 0.4) is 0 Å². The zero-order chi connectivity index (χ0) is 15.1. The van der Waals surface area contributed by atoms with Gasteiger partial charge in [-0.2, -0.15) is 0 Å². The summed E-state index contributed by atoms with van der Waals surface area (Å²) in [6.07, 6.45) is 3.18. The standard InChI is InChI=1S/C14H13N3O3S/c1-20-11-6-3-2-5-10(11)13(19)17-12(18)9-21-14-15-7-4-8-16-14/h2-8H,9H2,1H3,(H,17,18,19). The van der Waals surface area contributed by atoms with E-state index >= 15 is 0 Å². The van der Waals surface area contributed by atoms with Crippen LogP contribution in [0.5, 0.6) is 5.75 Å². The SMILES string of the molecule is COc1ccccc1C(=O)NC(=O)CSc1ncccn1. The van der Waals surface area contributed by atoms with Gasteiger partial charge in [0.25, 0.3) is 5.91 Å². The van der Waals surface area contributed by atoms with Crippen LogP contribution in [0.2, 0.25) is 0 Å². The molecule has 0 saturated heterocycles. The number of rotatable bonds is 5. The van der Waals surface area contributed by atoms with E-state index in [0.29, 0.717) is 16.5 Å². The summed E-state index contributed by atoms with van der Waals surface area (Å²) in [5.41, 5.74) is 0.314. The lowest BCUT2D eigenvalue weighted by Gasteiger charge is -2.07. The molecule has 21 heavy (non-hydrogen) atoms.